The Morgan fingerprint density at radius 1 is 0.786 bits per heavy atom. The second-order valence-corrected chi connectivity index (χ2v) is 4.54. The van der Waals surface area contributed by atoms with Gasteiger partial charge in [0.15, 0.2) is 0 Å². The van der Waals surface area contributed by atoms with E-state index in [0.29, 0.717) is 0 Å². The van der Waals surface area contributed by atoms with E-state index in [4.69, 9.17) is 19.2 Å². The van der Waals surface area contributed by atoms with Crippen molar-refractivity contribution in [3.63, 3.8) is 0 Å². The van der Waals surface area contributed by atoms with Crippen LogP contribution in [0, 0.1) is 11.8 Å². The molecule has 0 fully saturated rings. The summed E-state index contributed by atoms with van der Waals surface area (Å²) in [6, 6.07) is 0. The summed E-state index contributed by atoms with van der Waals surface area (Å²) in [4.78, 5) is 21.6. The van der Waals surface area contributed by atoms with Crippen molar-refractivity contribution in [1.82, 2.24) is 0 Å². The predicted octanol–water partition coefficient (Wildman–Crippen LogP) is 2.31. The molecular formula is C8H21O4PPd. The number of phosphoric acid groups is 1. The molecule has 4 nitrogen and oxygen atoms in total. The first-order chi connectivity index (χ1) is 5.46. The van der Waals surface area contributed by atoms with Crippen molar-refractivity contribution in [3.05, 3.63) is 11.8 Å². The molecule has 0 saturated heterocycles. The Bertz CT molecular complexity index is 114. The minimum Gasteiger partial charge on any atom is -0.323 e. The second kappa shape index (κ2) is 13.8. The van der Waals surface area contributed by atoms with Crippen LogP contribution in [0.4, 0.5) is 0 Å². The monoisotopic (exact) mass is 318 g/mol. The van der Waals surface area contributed by atoms with Gasteiger partial charge in [-0.15, -0.1) is 0 Å². The molecule has 0 heterocycles. The van der Waals surface area contributed by atoms with Crippen LogP contribution in [-0.2, 0) is 25.0 Å². The van der Waals surface area contributed by atoms with Gasteiger partial charge in [-0.25, -0.2) is 4.57 Å². The summed E-state index contributed by atoms with van der Waals surface area (Å²) in [6.45, 7) is 12.5. The van der Waals surface area contributed by atoms with E-state index in [-0.39, 0.29) is 20.4 Å². The van der Waals surface area contributed by atoms with Crippen LogP contribution in [0.15, 0.2) is 0 Å². The zero-order valence-corrected chi connectivity index (χ0v) is 12.0. The molecule has 0 saturated carbocycles. The smallest absolute Gasteiger partial charge is 0.323 e. The van der Waals surface area contributed by atoms with Crippen LogP contribution < -0.4 is 0 Å². The fraction of sp³-hybridized carbons (Fsp3) is 0.750. The topological polar surface area (TPSA) is 77.8 Å². The summed E-state index contributed by atoms with van der Waals surface area (Å²) < 4.78 is 8.88. The fourth-order valence-electron chi connectivity index (χ4n) is 0. The fourth-order valence-corrected chi connectivity index (χ4v) is 0. The molecule has 14 heavy (non-hydrogen) atoms. The number of hydrogen-bond acceptors (Lipinski definition) is 1. The standard InChI is InChI=1S/2C4H9.H3O4P.Pd/c2*1-4(2)3;1-5(2,3)4;/h2*1-3H3;(H3,1,2,3,4);/q2*-1;;+2. The van der Waals surface area contributed by atoms with Gasteiger partial charge in [-0.3, -0.25) is 0 Å². The van der Waals surface area contributed by atoms with Crippen LogP contribution in [0.2, 0.25) is 0 Å². The third-order valence-corrected chi connectivity index (χ3v) is 0. The van der Waals surface area contributed by atoms with E-state index in [2.05, 4.69) is 41.5 Å². The molecule has 0 atom stereocenters. The third kappa shape index (κ3) is 2970. The van der Waals surface area contributed by atoms with E-state index >= 15 is 0 Å². The molecule has 0 aliphatic heterocycles. The van der Waals surface area contributed by atoms with E-state index < -0.39 is 7.82 Å². The quantitative estimate of drug-likeness (QED) is 0.364. The van der Waals surface area contributed by atoms with Crippen molar-refractivity contribution < 1.29 is 39.7 Å². The molecule has 6 heteroatoms. The summed E-state index contributed by atoms with van der Waals surface area (Å²) in [5.41, 5.74) is 0. The average molecular weight is 319 g/mol. The molecule has 0 spiro atoms. The van der Waals surface area contributed by atoms with Crippen LogP contribution in [0.3, 0.4) is 0 Å². The van der Waals surface area contributed by atoms with Crippen LogP contribution in [-0.4, -0.2) is 14.7 Å². The summed E-state index contributed by atoms with van der Waals surface area (Å²) in [7, 11) is -4.64. The molecule has 0 rings (SSSR count). The molecule has 0 aromatic carbocycles. The summed E-state index contributed by atoms with van der Waals surface area (Å²) in [6.07, 6.45) is 0. The Morgan fingerprint density at radius 2 is 0.786 bits per heavy atom. The van der Waals surface area contributed by atoms with Crippen molar-refractivity contribution in [1.29, 1.82) is 0 Å². The molecule has 0 unspecified atom stereocenters. The first kappa shape index (κ1) is 24.1. The maximum atomic E-state index is 8.88. The van der Waals surface area contributed by atoms with Gasteiger partial charge in [0.1, 0.15) is 0 Å². The molecule has 0 aromatic rings. The van der Waals surface area contributed by atoms with Crippen molar-refractivity contribution in [2.75, 3.05) is 0 Å². The Labute approximate surface area is 101 Å². The maximum absolute atomic E-state index is 8.88. The molecule has 0 radical (unpaired) electrons. The van der Waals surface area contributed by atoms with Gasteiger partial charge in [0.25, 0.3) is 0 Å². The molecule has 0 aliphatic rings. The van der Waals surface area contributed by atoms with Crippen molar-refractivity contribution in [3.8, 4) is 0 Å². The van der Waals surface area contributed by atoms with Crippen LogP contribution >= 0.6 is 7.82 Å². The minimum absolute atomic E-state index is 0. The molecule has 0 aliphatic carbocycles. The molecule has 0 aromatic heterocycles. The molecule has 0 amide bonds. The van der Waals surface area contributed by atoms with Crippen LogP contribution in [0.25, 0.3) is 0 Å². The largest absolute Gasteiger partial charge is 2.00 e. The van der Waals surface area contributed by atoms with E-state index in [0.717, 1.165) is 0 Å². The summed E-state index contributed by atoms with van der Waals surface area (Å²) >= 11 is 0. The first-order valence-electron chi connectivity index (χ1n) is 3.78. The Hall–Kier alpha value is 0.772. The zero-order valence-electron chi connectivity index (χ0n) is 9.51. The zero-order chi connectivity index (χ0) is 11.7. The van der Waals surface area contributed by atoms with Gasteiger partial charge in [-0.2, -0.15) is 41.5 Å². The van der Waals surface area contributed by atoms with Crippen molar-refractivity contribution >= 4 is 7.82 Å². The van der Waals surface area contributed by atoms with Gasteiger partial charge in [-0.1, -0.05) is 0 Å². The van der Waals surface area contributed by atoms with Crippen LogP contribution in [0.5, 0.6) is 0 Å². The molecular weight excluding hydrogens is 297 g/mol. The Morgan fingerprint density at radius 3 is 0.786 bits per heavy atom. The molecule has 3 N–H and O–H groups in total. The predicted molar refractivity (Wildman–Crippen MR) is 54.8 cm³/mol. The second-order valence-electron chi connectivity index (χ2n) is 3.51. The minimum atomic E-state index is -4.64. The Kier molecular flexibility index (Phi) is 23.8. The Balaban J connectivity index is -0.0000000522. The maximum Gasteiger partial charge on any atom is 2.00 e. The van der Waals surface area contributed by atoms with Gasteiger partial charge in [0.2, 0.25) is 0 Å². The first-order valence-corrected chi connectivity index (χ1v) is 5.35. The molecule has 0 bridgehead atoms. The van der Waals surface area contributed by atoms with Gasteiger partial charge in [0.05, 0.1) is 0 Å². The number of hydrogen-bond donors (Lipinski definition) is 3. The van der Waals surface area contributed by atoms with Crippen LogP contribution in [0.1, 0.15) is 41.5 Å². The molecule has 92 valence electrons. The van der Waals surface area contributed by atoms with Gasteiger partial charge in [0, 0.05) is 0 Å². The van der Waals surface area contributed by atoms with Crippen molar-refractivity contribution in [2.45, 2.75) is 41.5 Å². The summed E-state index contributed by atoms with van der Waals surface area (Å²) in [5.74, 6) is 2.83. The van der Waals surface area contributed by atoms with E-state index in [1.807, 2.05) is 0 Å². The third-order valence-electron chi connectivity index (χ3n) is 0. The van der Waals surface area contributed by atoms with Crippen molar-refractivity contribution in [2.24, 2.45) is 0 Å². The SMILES string of the molecule is C[C-](C)C.C[C-](C)C.O=P(O)(O)O.[Pd+2]. The number of rotatable bonds is 0. The van der Waals surface area contributed by atoms with Gasteiger partial charge < -0.3 is 26.5 Å². The average Bonchev–Trinajstić information content (AvgIpc) is 1.50. The summed E-state index contributed by atoms with van der Waals surface area (Å²) in [5, 5.41) is 0. The van der Waals surface area contributed by atoms with E-state index in [9.17, 15) is 0 Å². The van der Waals surface area contributed by atoms with Gasteiger partial charge in [-0.05, 0) is 0 Å². The van der Waals surface area contributed by atoms with E-state index in [1.54, 1.807) is 0 Å². The normalized spacial score (nSPS) is 9.36. The van der Waals surface area contributed by atoms with E-state index in [1.165, 1.54) is 11.8 Å². The van der Waals surface area contributed by atoms with Gasteiger partial charge >= 0.3 is 28.2 Å².